The topological polar surface area (TPSA) is 98.3 Å². The van der Waals surface area contributed by atoms with Gasteiger partial charge in [0.2, 0.25) is 0 Å². The van der Waals surface area contributed by atoms with Gasteiger partial charge in [0.15, 0.2) is 6.04 Å². The standard InChI is InChI=1S/C12H11N3O4/c16-14(17)12(15(18)19)9-5-4-8-11(12)13-10-6-2-1-3-7-10/h1-9,11,13H/t11-/m0/s1. The Kier molecular flexibility index (Phi) is 3.28. The molecule has 0 fully saturated rings. The van der Waals surface area contributed by atoms with Gasteiger partial charge in [-0.3, -0.25) is 20.2 Å². The van der Waals surface area contributed by atoms with Crippen LogP contribution >= 0.6 is 0 Å². The first kappa shape index (κ1) is 12.7. The Morgan fingerprint density at radius 2 is 1.68 bits per heavy atom. The van der Waals surface area contributed by atoms with Gasteiger partial charge < -0.3 is 5.32 Å². The van der Waals surface area contributed by atoms with Gasteiger partial charge in [-0.05, 0) is 18.2 Å². The highest BCUT2D eigenvalue weighted by Crippen LogP contribution is 2.26. The van der Waals surface area contributed by atoms with Crippen molar-refractivity contribution in [3.8, 4) is 0 Å². The van der Waals surface area contributed by atoms with Gasteiger partial charge in [0.1, 0.15) is 9.85 Å². The van der Waals surface area contributed by atoms with E-state index in [4.69, 9.17) is 0 Å². The van der Waals surface area contributed by atoms with Crippen LogP contribution < -0.4 is 5.32 Å². The normalized spacial score (nSPS) is 19.9. The number of benzene rings is 1. The molecule has 1 atom stereocenters. The molecule has 19 heavy (non-hydrogen) atoms. The van der Waals surface area contributed by atoms with Crippen molar-refractivity contribution in [1.82, 2.24) is 0 Å². The average Bonchev–Trinajstić information content (AvgIpc) is 2.40. The summed E-state index contributed by atoms with van der Waals surface area (Å²) in [7, 11) is 0. The Hall–Kier alpha value is -2.70. The van der Waals surface area contributed by atoms with Gasteiger partial charge in [-0.15, -0.1) is 0 Å². The average molecular weight is 261 g/mol. The molecule has 0 aromatic heterocycles. The fourth-order valence-electron chi connectivity index (χ4n) is 1.90. The van der Waals surface area contributed by atoms with Crippen LogP contribution in [0.3, 0.4) is 0 Å². The summed E-state index contributed by atoms with van der Waals surface area (Å²) in [6.45, 7) is 0. The van der Waals surface area contributed by atoms with Crippen molar-refractivity contribution in [2.45, 2.75) is 11.7 Å². The third-order valence-corrected chi connectivity index (χ3v) is 2.89. The number of allylic oxidation sites excluding steroid dienone is 2. The Morgan fingerprint density at radius 3 is 2.26 bits per heavy atom. The maximum absolute atomic E-state index is 11.2. The van der Waals surface area contributed by atoms with Crippen LogP contribution in [0.4, 0.5) is 5.69 Å². The predicted molar refractivity (Wildman–Crippen MR) is 68.9 cm³/mol. The minimum absolute atomic E-state index is 0.584. The van der Waals surface area contributed by atoms with E-state index in [9.17, 15) is 20.2 Å². The smallest absolute Gasteiger partial charge is 0.366 e. The van der Waals surface area contributed by atoms with Crippen molar-refractivity contribution in [3.63, 3.8) is 0 Å². The lowest BCUT2D eigenvalue weighted by Crippen LogP contribution is -2.57. The Bertz CT molecular complexity index is 539. The highest BCUT2D eigenvalue weighted by atomic mass is 16.7. The minimum Gasteiger partial charge on any atom is -0.366 e. The fourth-order valence-corrected chi connectivity index (χ4v) is 1.90. The van der Waals surface area contributed by atoms with Crippen molar-refractivity contribution >= 4 is 5.69 Å². The number of nitro groups is 2. The predicted octanol–water partition coefficient (Wildman–Crippen LogP) is 1.84. The number of para-hydroxylation sites is 1. The van der Waals surface area contributed by atoms with Crippen LogP contribution in [0.2, 0.25) is 0 Å². The van der Waals surface area contributed by atoms with Crippen molar-refractivity contribution in [2.75, 3.05) is 5.32 Å². The molecule has 0 bridgehead atoms. The Balaban J connectivity index is 2.36. The SMILES string of the molecule is O=[N+]([O-])C1([N+](=O)[O-])C=CC=C[C@@H]1Nc1ccccc1. The number of anilines is 1. The lowest BCUT2D eigenvalue weighted by molar-refractivity contribution is -0.781. The van der Waals surface area contributed by atoms with E-state index in [1.54, 1.807) is 36.4 Å². The molecule has 0 amide bonds. The summed E-state index contributed by atoms with van der Waals surface area (Å²) in [6.07, 6.45) is 5.27. The molecule has 0 aliphatic heterocycles. The maximum Gasteiger partial charge on any atom is 0.500 e. The molecular formula is C12H11N3O4. The third kappa shape index (κ3) is 2.17. The number of hydrogen-bond donors (Lipinski definition) is 1. The number of rotatable bonds is 4. The third-order valence-electron chi connectivity index (χ3n) is 2.89. The molecule has 2 rings (SSSR count). The lowest BCUT2D eigenvalue weighted by atomic mass is 9.96. The van der Waals surface area contributed by atoms with E-state index in [-0.39, 0.29) is 0 Å². The molecule has 0 saturated carbocycles. The van der Waals surface area contributed by atoms with Gasteiger partial charge in [-0.25, -0.2) is 0 Å². The highest BCUT2D eigenvalue weighted by molar-refractivity contribution is 5.46. The van der Waals surface area contributed by atoms with Gasteiger partial charge in [-0.2, -0.15) is 0 Å². The molecule has 0 unspecified atom stereocenters. The molecule has 0 radical (unpaired) electrons. The summed E-state index contributed by atoms with van der Waals surface area (Å²) in [5.41, 5.74) is -1.80. The summed E-state index contributed by atoms with van der Waals surface area (Å²) in [4.78, 5) is 20.6. The second-order valence-corrected chi connectivity index (χ2v) is 4.03. The summed E-state index contributed by atoms with van der Waals surface area (Å²) in [5, 5.41) is 25.1. The van der Waals surface area contributed by atoms with E-state index in [1.807, 2.05) is 0 Å². The number of nitrogens with zero attached hydrogens (tertiary/aromatic N) is 2. The van der Waals surface area contributed by atoms with Crippen molar-refractivity contribution < 1.29 is 9.85 Å². The molecule has 7 nitrogen and oxygen atoms in total. The molecule has 0 heterocycles. The molecule has 0 saturated heterocycles. The second-order valence-electron chi connectivity index (χ2n) is 4.03. The van der Waals surface area contributed by atoms with Crippen LogP contribution in [0.15, 0.2) is 54.6 Å². The first-order valence-corrected chi connectivity index (χ1v) is 5.54. The summed E-state index contributed by atoms with van der Waals surface area (Å²) >= 11 is 0. The zero-order valence-electron chi connectivity index (χ0n) is 9.80. The molecule has 1 N–H and O–H groups in total. The number of hydrogen-bond acceptors (Lipinski definition) is 5. The molecule has 7 heteroatoms. The zero-order valence-corrected chi connectivity index (χ0v) is 9.80. The first-order chi connectivity index (χ1) is 9.07. The van der Waals surface area contributed by atoms with Crippen LogP contribution in [0.5, 0.6) is 0 Å². The molecule has 1 aromatic rings. The van der Waals surface area contributed by atoms with Gasteiger partial charge in [0.05, 0.1) is 6.08 Å². The summed E-state index contributed by atoms with van der Waals surface area (Å²) in [6, 6.07) is 7.60. The summed E-state index contributed by atoms with van der Waals surface area (Å²) < 4.78 is 0. The van der Waals surface area contributed by atoms with E-state index in [2.05, 4.69) is 5.32 Å². The molecule has 1 aliphatic rings. The summed E-state index contributed by atoms with van der Waals surface area (Å²) in [5.74, 6) is 0. The van der Waals surface area contributed by atoms with Crippen LogP contribution in [0, 0.1) is 20.2 Å². The Labute approximate surface area is 108 Å². The van der Waals surface area contributed by atoms with Crippen molar-refractivity contribution in [1.29, 1.82) is 0 Å². The highest BCUT2D eigenvalue weighted by Gasteiger charge is 2.61. The first-order valence-electron chi connectivity index (χ1n) is 5.54. The monoisotopic (exact) mass is 261 g/mol. The fraction of sp³-hybridized carbons (Fsp3) is 0.167. The van der Waals surface area contributed by atoms with E-state index in [0.717, 1.165) is 6.08 Å². The van der Waals surface area contributed by atoms with Crippen LogP contribution in [-0.2, 0) is 0 Å². The maximum atomic E-state index is 11.2. The van der Waals surface area contributed by atoms with E-state index >= 15 is 0 Å². The van der Waals surface area contributed by atoms with Gasteiger partial charge in [-0.1, -0.05) is 30.4 Å². The van der Waals surface area contributed by atoms with Gasteiger partial charge >= 0.3 is 5.66 Å². The quantitative estimate of drug-likeness (QED) is 0.506. The lowest BCUT2D eigenvalue weighted by Gasteiger charge is -2.24. The number of nitrogens with one attached hydrogen (secondary N) is 1. The van der Waals surface area contributed by atoms with Crippen molar-refractivity contribution in [3.05, 3.63) is 74.9 Å². The van der Waals surface area contributed by atoms with E-state index < -0.39 is 21.6 Å². The Morgan fingerprint density at radius 1 is 1.05 bits per heavy atom. The van der Waals surface area contributed by atoms with Crippen LogP contribution in [0.25, 0.3) is 0 Å². The molecule has 0 spiro atoms. The van der Waals surface area contributed by atoms with E-state index in [1.165, 1.54) is 12.2 Å². The van der Waals surface area contributed by atoms with Gasteiger partial charge in [0.25, 0.3) is 0 Å². The van der Waals surface area contributed by atoms with Crippen molar-refractivity contribution in [2.24, 2.45) is 0 Å². The molecular weight excluding hydrogens is 250 g/mol. The minimum atomic E-state index is -2.38. The van der Waals surface area contributed by atoms with Crippen LogP contribution in [0.1, 0.15) is 0 Å². The zero-order chi connectivity index (χ0) is 13.9. The van der Waals surface area contributed by atoms with Crippen LogP contribution in [-0.4, -0.2) is 21.6 Å². The van der Waals surface area contributed by atoms with Gasteiger partial charge in [0, 0.05) is 5.69 Å². The second kappa shape index (κ2) is 4.89. The molecule has 98 valence electrons. The molecule has 1 aromatic carbocycles. The largest absolute Gasteiger partial charge is 0.500 e. The van der Waals surface area contributed by atoms with E-state index in [0.29, 0.717) is 5.69 Å². The molecule has 1 aliphatic carbocycles.